The molecule has 0 spiro atoms. The molecule has 0 aliphatic heterocycles. The Morgan fingerprint density at radius 3 is 2.70 bits per heavy atom. The summed E-state index contributed by atoms with van der Waals surface area (Å²) in [6.07, 6.45) is 2.87. The molecule has 0 aromatic heterocycles. The fourth-order valence-electron chi connectivity index (χ4n) is 2.64. The van der Waals surface area contributed by atoms with E-state index in [1.165, 1.54) is 0 Å². The Labute approximate surface area is 124 Å². The van der Waals surface area contributed by atoms with Gasteiger partial charge in [0.2, 0.25) is 5.91 Å². The molecule has 1 saturated carbocycles. The summed E-state index contributed by atoms with van der Waals surface area (Å²) < 4.78 is 0. The Bertz CT molecular complexity index is 450. The van der Waals surface area contributed by atoms with Gasteiger partial charge in [-0.05, 0) is 36.5 Å². The molecule has 4 N–H and O–H groups in total. The van der Waals surface area contributed by atoms with Crippen molar-refractivity contribution in [2.45, 2.75) is 37.8 Å². The molecular weight excluding hydrogens is 276 g/mol. The molecule has 1 aliphatic rings. The van der Waals surface area contributed by atoms with Crippen LogP contribution >= 0.6 is 11.6 Å². The van der Waals surface area contributed by atoms with Crippen LogP contribution in [0.4, 0.5) is 0 Å². The predicted molar refractivity (Wildman–Crippen MR) is 79.4 cm³/mol. The molecule has 0 bridgehead atoms. The number of hydrogen-bond donors (Lipinski definition) is 3. The van der Waals surface area contributed by atoms with Crippen molar-refractivity contribution in [3.8, 4) is 0 Å². The summed E-state index contributed by atoms with van der Waals surface area (Å²) in [5.41, 5.74) is 6.69. The zero-order valence-electron chi connectivity index (χ0n) is 11.4. The van der Waals surface area contributed by atoms with E-state index < -0.39 is 6.10 Å². The third-order valence-electron chi connectivity index (χ3n) is 3.91. The summed E-state index contributed by atoms with van der Waals surface area (Å²) in [6.45, 7) is 0.211. The van der Waals surface area contributed by atoms with E-state index in [9.17, 15) is 9.90 Å². The van der Waals surface area contributed by atoms with Gasteiger partial charge >= 0.3 is 0 Å². The minimum atomic E-state index is -0.714. The number of rotatable bonds is 5. The minimum absolute atomic E-state index is 0.0413. The van der Waals surface area contributed by atoms with Gasteiger partial charge in [0.1, 0.15) is 0 Å². The molecule has 1 unspecified atom stereocenters. The van der Waals surface area contributed by atoms with Crippen molar-refractivity contribution in [3.05, 3.63) is 34.9 Å². The van der Waals surface area contributed by atoms with E-state index in [1.54, 1.807) is 24.3 Å². The Kier molecular flexibility index (Phi) is 5.40. The fourth-order valence-corrected chi connectivity index (χ4v) is 2.77. The number of nitrogens with one attached hydrogen (secondary N) is 1. The highest BCUT2D eigenvalue weighted by molar-refractivity contribution is 6.30. The van der Waals surface area contributed by atoms with Crippen LogP contribution in [0.25, 0.3) is 0 Å². The van der Waals surface area contributed by atoms with E-state index in [0.717, 1.165) is 24.8 Å². The van der Waals surface area contributed by atoms with Crippen LogP contribution in [0.15, 0.2) is 24.3 Å². The summed E-state index contributed by atoms with van der Waals surface area (Å²) in [5.74, 6) is 0.239. The number of nitrogens with two attached hydrogens (primary N) is 1. The number of hydrogen-bond acceptors (Lipinski definition) is 3. The van der Waals surface area contributed by atoms with Crippen LogP contribution in [-0.4, -0.2) is 23.6 Å². The second-order valence-electron chi connectivity index (χ2n) is 5.43. The molecule has 0 saturated heterocycles. The average molecular weight is 297 g/mol. The summed E-state index contributed by atoms with van der Waals surface area (Å²) in [4.78, 5) is 11.8. The molecule has 1 fully saturated rings. The topological polar surface area (TPSA) is 75.4 Å². The van der Waals surface area contributed by atoms with Gasteiger partial charge in [-0.1, -0.05) is 30.2 Å². The van der Waals surface area contributed by atoms with Gasteiger partial charge in [-0.25, -0.2) is 0 Å². The van der Waals surface area contributed by atoms with Gasteiger partial charge in [-0.3, -0.25) is 4.79 Å². The monoisotopic (exact) mass is 296 g/mol. The maximum atomic E-state index is 11.8. The van der Waals surface area contributed by atoms with E-state index in [2.05, 4.69) is 5.32 Å². The Morgan fingerprint density at radius 1 is 1.40 bits per heavy atom. The van der Waals surface area contributed by atoms with Crippen molar-refractivity contribution in [1.29, 1.82) is 0 Å². The fraction of sp³-hybridized carbons (Fsp3) is 0.533. The number of aliphatic hydroxyl groups excluding tert-OH is 1. The molecule has 3 atom stereocenters. The first kappa shape index (κ1) is 15.3. The molecule has 0 heterocycles. The Morgan fingerprint density at radius 2 is 2.10 bits per heavy atom. The summed E-state index contributed by atoms with van der Waals surface area (Å²) in [5, 5.41) is 13.4. The van der Waals surface area contributed by atoms with Crippen LogP contribution in [0.5, 0.6) is 0 Å². The average Bonchev–Trinajstić information content (AvgIpc) is 2.82. The lowest BCUT2D eigenvalue weighted by atomic mass is 10.00. The Balaban J connectivity index is 1.76. The maximum absolute atomic E-state index is 11.8. The highest BCUT2D eigenvalue weighted by atomic mass is 35.5. The van der Waals surface area contributed by atoms with Gasteiger partial charge in [-0.15, -0.1) is 0 Å². The second kappa shape index (κ2) is 7.07. The molecule has 1 aromatic carbocycles. The number of carbonyl (C=O) groups excluding carboxylic acids is 1. The van der Waals surface area contributed by atoms with E-state index in [-0.39, 0.29) is 24.4 Å². The van der Waals surface area contributed by atoms with Gasteiger partial charge in [-0.2, -0.15) is 0 Å². The van der Waals surface area contributed by atoms with Crippen LogP contribution in [0, 0.1) is 5.92 Å². The highest BCUT2D eigenvalue weighted by Gasteiger charge is 2.26. The van der Waals surface area contributed by atoms with E-state index in [4.69, 9.17) is 17.3 Å². The first-order valence-corrected chi connectivity index (χ1v) is 7.40. The molecule has 110 valence electrons. The lowest BCUT2D eigenvalue weighted by Gasteiger charge is -2.16. The smallest absolute Gasteiger partial charge is 0.220 e. The molecule has 1 aromatic rings. The summed E-state index contributed by atoms with van der Waals surface area (Å²) in [6, 6.07) is 7.10. The number of benzene rings is 1. The van der Waals surface area contributed by atoms with Crippen molar-refractivity contribution in [2.24, 2.45) is 11.7 Å². The van der Waals surface area contributed by atoms with E-state index in [0.29, 0.717) is 11.4 Å². The molecule has 0 radical (unpaired) electrons. The van der Waals surface area contributed by atoms with Gasteiger partial charge in [0, 0.05) is 24.0 Å². The number of halogens is 1. The first-order valence-electron chi connectivity index (χ1n) is 7.02. The van der Waals surface area contributed by atoms with Crippen molar-refractivity contribution < 1.29 is 9.90 Å². The van der Waals surface area contributed by atoms with Crippen molar-refractivity contribution in [1.82, 2.24) is 5.32 Å². The van der Waals surface area contributed by atoms with Crippen molar-refractivity contribution >= 4 is 17.5 Å². The third-order valence-corrected chi connectivity index (χ3v) is 4.16. The van der Waals surface area contributed by atoms with Crippen LogP contribution in [0.1, 0.15) is 37.4 Å². The van der Waals surface area contributed by atoms with Crippen LogP contribution in [0.3, 0.4) is 0 Å². The summed E-state index contributed by atoms with van der Waals surface area (Å²) in [7, 11) is 0. The SMILES string of the molecule is N[C@@H]1CCC[C@H]1CC(=O)NCC(O)c1ccc(Cl)cc1. The van der Waals surface area contributed by atoms with Crippen LogP contribution < -0.4 is 11.1 Å². The largest absolute Gasteiger partial charge is 0.387 e. The predicted octanol–water partition coefficient (Wildman–Crippen LogP) is 2.01. The maximum Gasteiger partial charge on any atom is 0.220 e. The summed E-state index contributed by atoms with van der Waals surface area (Å²) >= 11 is 5.79. The number of aliphatic hydroxyl groups is 1. The standard InChI is InChI=1S/C15H21ClN2O2/c16-12-6-4-10(5-7-12)14(19)9-18-15(20)8-11-2-1-3-13(11)17/h4-7,11,13-14,19H,1-3,8-9,17H2,(H,18,20)/t11-,13+,14?/m0/s1. The van der Waals surface area contributed by atoms with Crippen LogP contribution in [-0.2, 0) is 4.79 Å². The molecule has 20 heavy (non-hydrogen) atoms. The highest BCUT2D eigenvalue weighted by Crippen LogP contribution is 2.26. The zero-order chi connectivity index (χ0) is 14.5. The van der Waals surface area contributed by atoms with Crippen LogP contribution in [0.2, 0.25) is 5.02 Å². The molecule has 4 nitrogen and oxygen atoms in total. The molecule has 2 rings (SSSR count). The lowest BCUT2D eigenvalue weighted by Crippen LogP contribution is -2.33. The molecule has 1 amide bonds. The number of carbonyl (C=O) groups is 1. The zero-order valence-corrected chi connectivity index (χ0v) is 12.1. The van der Waals surface area contributed by atoms with Crippen molar-refractivity contribution in [3.63, 3.8) is 0 Å². The van der Waals surface area contributed by atoms with Crippen molar-refractivity contribution in [2.75, 3.05) is 6.54 Å². The van der Waals surface area contributed by atoms with Gasteiger partial charge < -0.3 is 16.2 Å². The van der Waals surface area contributed by atoms with Gasteiger partial charge in [0.25, 0.3) is 0 Å². The minimum Gasteiger partial charge on any atom is -0.387 e. The third kappa shape index (κ3) is 4.20. The van der Waals surface area contributed by atoms with Gasteiger partial charge in [0.15, 0.2) is 0 Å². The number of amides is 1. The second-order valence-corrected chi connectivity index (χ2v) is 5.87. The van der Waals surface area contributed by atoms with E-state index in [1.807, 2.05) is 0 Å². The normalized spacial score (nSPS) is 23.6. The van der Waals surface area contributed by atoms with Gasteiger partial charge in [0.05, 0.1) is 6.10 Å². The molecular formula is C15H21ClN2O2. The quantitative estimate of drug-likeness (QED) is 0.778. The molecule has 5 heteroatoms. The molecule has 1 aliphatic carbocycles. The van der Waals surface area contributed by atoms with E-state index >= 15 is 0 Å². The lowest BCUT2D eigenvalue weighted by molar-refractivity contribution is -0.122. The first-order chi connectivity index (χ1) is 9.56. The Hall–Kier alpha value is -1.10.